The lowest BCUT2D eigenvalue weighted by Gasteiger charge is -2.31. The Morgan fingerprint density at radius 2 is 2.17 bits per heavy atom. The molecule has 1 unspecified atom stereocenters. The predicted molar refractivity (Wildman–Crippen MR) is 88.0 cm³/mol. The zero-order valence-corrected chi connectivity index (χ0v) is 13.8. The highest BCUT2D eigenvalue weighted by atomic mass is 32.1. The quantitative estimate of drug-likeness (QED) is 0.938. The fourth-order valence-corrected chi connectivity index (χ4v) is 3.89. The molecule has 1 aliphatic heterocycles. The number of likely N-dealkylation sites (tertiary alicyclic amines) is 1. The highest BCUT2D eigenvalue weighted by molar-refractivity contribution is 7.17. The number of hydrogen-bond donors (Lipinski definition) is 1. The minimum Gasteiger partial charge on any atom is -0.396 e. The molecule has 0 bridgehead atoms. The molecule has 1 fully saturated rings. The van der Waals surface area contributed by atoms with Crippen LogP contribution in [0.15, 0.2) is 24.3 Å². The van der Waals surface area contributed by atoms with Gasteiger partial charge in [-0.3, -0.25) is 4.79 Å². The second-order valence-corrected chi connectivity index (χ2v) is 6.88. The Balaban J connectivity index is 1.83. The molecular formula is C17H19FN2O2S. The summed E-state index contributed by atoms with van der Waals surface area (Å²) >= 11 is 1.34. The van der Waals surface area contributed by atoms with Crippen LogP contribution in [0.4, 0.5) is 4.39 Å². The van der Waals surface area contributed by atoms with Crippen LogP contribution in [-0.2, 0) is 0 Å². The standard InChI is InChI=1S/C17H19FN2O2S/c1-11-15(17(22)20-8-2-3-12(9-20)10-21)23-16(19-11)13-4-6-14(18)7-5-13/h4-7,12,21H,2-3,8-10H2,1H3. The summed E-state index contributed by atoms with van der Waals surface area (Å²) in [7, 11) is 0. The first-order chi connectivity index (χ1) is 11.1. The molecule has 0 radical (unpaired) electrons. The van der Waals surface area contributed by atoms with Crippen LogP contribution < -0.4 is 0 Å². The topological polar surface area (TPSA) is 53.4 Å². The molecular weight excluding hydrogens is 315 g/mol. The van der Waals surface area contributed by atoms with Gasteiger partial charge < -0.3 is 10.0 Å². The van der Waals surface area contributed by atoms with Crippen molar-refractivity contribution in [1.29, 1.82) is 0 Å². The summed E-state index contributed by atoms with van der Waals surface area (Å²) in [6, 6.07) is 6.13. The van der Waals surface area contributed by atoms with Gasteiger partial charge in [0.15, 0.2) is 0 Å². The summed E-state index contributed by atoms with van der Waals surface area (Å²) < 4.78 is 13.0. The fraction of sp³-hybridized carbons (Fsp3) is 0.412. The molecule has 3 rings (SSSR count). The molecule has 2 aromatic rings. The van der Waals surface area contributed by atoms with Crippen LogP contribution in [0.2, 0.25) is 0 Å². The number of carbonyl (C=O) groups excluding carboxylic acids is 1. The number of halogens is 1. The summed E-state index contributed by atoms with van der Waals surface area (Å²) in [5.41, 5.74) is 1.51. The number of amides is 1. The first kappa shape index (κ1) is 16.1. The van der Waals surface area contributed by atoms with Crippen molar-refractivity contribution in [3.8, 4) is 10.6 Å². The Morgan fingerprint density at radius 3 is 2.87 bits per heavy atom. The van der Waals surface area contributed by atoms with Crippen molar-refractivity contribution in [1.82, 2.24) is 9.88 Å². The summed E-state index contributed by atoms with van der Waals surface area (Å²) in [4.78, 5) is 19.6. The maximum Gasteiger partial charge on any atom is 0.265 e. The molecule has 6 heteroatoms. The van der Waals surface area contributed by atoms with E-state index in [-0.39, 0.29) is 24.2 Å². The van der Waals surface area contributed by atoms with Gasteiger partial charge in [-0.05, 0) is 49.9 Å². The Bertz CT molecular complexity index is 699. The first-order valence-corrected chi connectivity index (χ1v) is 8.53. The van der Waals surface area contributed by atoms with E-state index in [2.05, 4.69) is 4.98 Å². The van der Waals surface area contributed by atoms with Crippen molar-refractivity contribution in [3.63, 3.8) is 0 Å². The van der Waals surface area contributed by atoms with Gasteiger partial charge in [0.2, 0.25) is 0 Å². The van der Waals surface area contributed by atoms with E-state index < -0.39 is 0 Å². The Kier molecular flexibility index (Phi) is 4.73. The Labute approximate surface area is 138 Å². The molecule has 1 N–H and O–H groups in total. The van der Waals surface area contributed by atoms with E-state index in [1.165, 1.54) is 23.5 Å². The van der Waals surface area contributed by atoms with Gasteiger partial charge in [-0.1, -0.05) is 0 Å². The number of aromatic nitrogens is 1. The number of piperidine rings is 1. The van der Waals surface area contributed by atoms with Gasteiger partial charge in [0.1, 0.15) is 15.7 Å². The van der Waals surface area contributed by atoms with Crippen LogP contribution in [0.3, 0.4) is 0 Å². The number of aliphatic hydroxyl groups is 1. The van der Waals surface area contributed by atoms with Crippen LogP contribution >= 0.6 is 11.3 Å². The highest BCUT2D eigenvalue weighted by Crippen LogP contribution is 2.30. The normalized spacial score (nSPS) is 18.2. The number of hydrogen-bond acceptors (Lipinski definition) is 4. The summed E-state index contributed by atoms with van der Waals surface area (Å²) in [5.74, 6) is -0.148. The van der Waals surface area contributed by atoms with E-state index in [1.807, 2.05) is 6.92 Å². The Hall–Kier alpha value is -1.79. The first-order valence-electron chi connectivity index (χ1n) is 7.72. The second-order valence-electron chi connectivity index (χ2n) is 5.88. The van der Waals surface area contributed by atoms with Gasteiger partial charge in [-0.2, -0.15) is 0 Å². The largest absolute Gasteiger partial charge is 0.396 e. The number of benzene rings is 1. The molecule has 1 amide bonds. The minimum absolute atomic E-state index is 0.0217. The Morgan fingerprint density at radius 1 is 1.43 bits per heavy atom. The van der Waals surface area contributed by atoms with Crippen LogP contribution in [0.25, 0.3) is 10.6 Å². The molecule has 122 valence electrons. The van der Waals surface area contributed by atoms with Crippen molar-refractivity contribution in [2.75, 3.05) is 19.7 Å². The van der Waals surface area contributed by atoms with Gasteiger partial charge in [0, 0.05) is 25.3 Å². The predicted octanol–water partition coefficient (Wildman–Crippen LogP) is 3.10. The maximum atomic E-state index is 13.0. The third-order valence-electron chi connectivity index (χ3n) is 4.15. The van der Waals surface area contributed by atoms with Gasteiger partial charge >= 0.3 is 0 Å². The van der Waals surface area contributed by atoms with E-state index >= 15 is 0 Å². The zero-order chi connectivity index (χ0) is 16.4. The zero-order valence-electron chi connectivity index (χ0n) is 13.0. The van der Waals surface area contributed by atoms with E-state index in [9.17, 15) is 14.3 Å². The van der Waals surface area contributed by atoms with E-state index in [4.69, 9.17) is 0 Å². The molecule has 1 atom stereocenters. The van der Waals surface area contributed by atoms with Crippen molar-refractivity contribution in [2.24, 2.45) is 5.92 Å². The molecule has 1 aliphatic rings. The lowest BCUT2D eigenvalue weighted by molar-refractivity contribution is 0.0624. The molecule has 0 spiro atoms. The minimum atomic E-state index is -0.290. The molecule has 0 aliphatic carbocycles. The molecule has 2 heterocycles. The van der Waals surface area contributed by atoms with Crippen molar-refractivity contribution >= 4 is 17.2 Å². The SMILES string of the molecule is Cc1nc(-c2ccc(F)cc2)sc1C(=O)N1CCCC(CO)C1. The highest BCUT2D eigenvalue weighted by Gasteiger charge is 2.27. The average molecular weight is 334 g/mol. The summed E-state index contributed by atoms with van der Waals surface area (Å²) in [6.45, 7) is 3.26. The van der Waals surface area contributed by atoms with Gasteiger partial charge in [0.25, 0.3) is 5.91 Å². The molecule has 1 aromatic heterocycles. The smallest absolute Gasteiger partial charge is 0.265 e. The van der Waals surface area contributed by atoms with Crippen LogP contribution in [0.5, 0.6) is 0 Å². The molecule has 1 saturated heterocycles. The molecule has 1 aromatic carbocycles. The molecule has 0 saturated carbocycles. The lowest BCUT2D eigenvalue weighted by atomic mass is 9.99. The molecule has 23 heavy (non-hydrogen) atoms. The van der Waals surface area contributed by atoms with E-state index in [0.717, 1.165) is 30.0 Å². The third kappa shape index (κ3) is 3.43. The third-order valence-corrected chi connectivity index (χ3v) is 5.34. The fourth-order valence-electron chi connectivity index (χ4n) is 2.85. The number of aryl methyl sites for hydroxylation is 1. The molecule has 4 nitrogen and oxygen atoms in total. The number of nitrogens with zero attached hydrogens (tertiary/aromatic N) is 2. The monoisotopic (exact) mass is 334 g/mol. The van der Waals surface area contributed by atoms with Crippen molar-refractivity contribution in [2.45, 2.75) is 19.8 Å². The van der Waals surface area contributed by atoms with Crippen molar-refractivity contribution in [3.05, 3.63) is 40.7 Å². The van der Waals surface area contributed by atoms with E-state index in [1.54, 1.807) is 17.0 Å². The number of rotatable bonds is 3. The average Bonchev–Trinajstić information content (AvgIpc) is 2.96. The number of thiazole rings is 1. The lowest BCUT2D eigenvalue weighted by Crippen LogP contribution is -2.40. The maximum absolute atomic E-state index is 13.0. The van der Waals surface area contributed by atoms with Crippen molar-refractivity contribution < 1.29 is 14.3 Å². The van der Waals surface area contributed by atoms with Crippen LogP contribution in [0.1, 0.15) is 28.2 Å². The van der Waals surface area contributed by atoms with Crippen LogP contribution in [-0.4, -0.2) is 40.6 Å². The van der Waals surface area contributed by atoms with E-state index in [0.29, 0.717) is 17.1 Å². The van der Waals surface area contributed by atoms with Gasteiger partial charge in [-0.15, -0.1) is 11.3 Å². The number of carbonyl (C=O) groups is 1. The van der Waals surface area contributed by atoms with Gasteiger partial charge in [0.05, 0.1) is 5.69 Å². The second kappa shape index (κ2) is 6.76. The number of aliphatic hydroxyl groups excluding tert-OH is 1. The van der Waals surface area contributed by atoms with Crippen LogP contribution in [0, 0.1) is 18.7 Å². The van der Waals surface area contributed by atoms with Gasteiger partial charge in [-0.25, -0.2) is 9.37 Å². The summed E-state index contributed by atoms with van der Waals surface area (Å²) in [5, 5.41) is 10.0. The summed E-state index contributed by atoms with van der Waals surface area (Å²) in [6.07, 6.45) is 1.88.